The van der Waals surface area contributed by atoms with Crippen LogP contribution in [-0.4, -0.2) is 57.5 Å². The van der Waals surface area contributed by atoms with Gasteiger partial charge in [-0.25, -0.2) is 14.8 Å². The molecule has 1 unspecified atom stereocenters. The number of aromatic nitrogens is 2. The molecule has 2 saturated carbocycles. The second-order valence-electron chi connectivity index (χ2n) is 17.0. The normalized spacial score (nSPS) is 26.0. The van der Waals surface area contributed by atoms with Crippen LogP contribution in [0.15, 0.2) is 60.0 Å². The lowest BCUT2D eigenvalue weighted by atomic mass is 9.89. The van der Waals surface area contributed by atoms with Gasteiger partial charge in [-0.2, -0.15) is 13.2 Å². The Balaban J connectivity index is 1.22. The quantitative estimate of drug-likeness (QED) is 0.148. The molecule has 2 bridgehead atoms. The minimum absolute atomic E-state index is 0.0580. The van der Waals surface area contributed by atoms with Crippen LogP contribution in [0.25, 0.3) is 21.6 Å². The lowest BCUT2D eigenvalue weighted by Crippen LogP contribution is -2.47. The summed E-state index contributed by atoms with van der Waals surface area (Å²) in [6.07, 6.45) is 4.57. The van der Waals surface area contributed by atoms with Crippen LogP contribution in [0.2, 0.25) is 0 Å². The number of pyridine rings is 1. The maximum Gasteiger partial charge on any atom is 0.416 e. The highest BCUT2D eigenvalue weighted by atomic mass is 32.1. The number of carboxylic acids is 1. The highest BCUT2D eigenvalue weighted by Crippen LogP contribution is 2.46. The number of ketones is 1. The van der Waals surface area contributed by atoms with Crippen LogP contribution < -0.4 is 20.1 Å². The highest BCUT2D eigenvalue weighted by molar-refractivity contribution is 7.13. The molecule has 0 radical (unpaired) electrons. The van der Waals surface area contributed by atoms with Crippen molar-refractivity contribution in [3.8, 4) is 22.2 Å². The molecule has 3 N–H and O–H groups in total. The number of fused-ring (bicyclic) bond motifs is 5. The number of carbonyl (C=O) groups excluding carboxylic acids is 2. The number of thiazole rings is 1. The minimum Gasteiger partial charge on any atom is -0.496 e. The largest absolute Gasteiger partial charge is 0.496 e. The smallest absolute Gasteiger partial charge is 0.416 e. The van der Waals surface area contributed by atoms with E-state index in [1.54, 1.807) is 7.11 Å². The molecule has 2 aromatic heterocycles. The number of ether oxygens (including phenoxy) is 2. The van der Waals surface area contributed by atoms with E-state index < -0.39 is 41.3 Å². The number of halogens is 3. The van der Waals surface area contributed by atoms with Gasteiger partial charge in [0.2, 0.25) is 5.91 Å². The standard InChI is InChI=1S/C46H53F3N4O6S/c1-26(2)37-25-60-43(52-37)36-23-40(34-18-19-39(58-4)27(3)41(34)51-36)59-33-20-28-12-13-29(22-33)42(55)53-45(44(56)57)24-31(45)10-8-6-5-7-9-11-35(38(54)21-28)50-32-16-14-30(15-17-32)46(47,48)49/h8,10,14-19,23,25-26,28-29,31,33,35,50H,5-7,9,11-13,20-22,24H2,1-4H3,(H,53,55)(H,56,57)/b10-8-/t28?,29-,31+,33-,35-,45+/m0/s1. The number of alkyl halides is 3. The fourth-order valence-electron chi connectivity index (χ4n) is 8.66. The van der Waals surface area contributed by atoms with Crippen LogP contribution in [-0.2, 0) is 20.6 Å². The van der Waals surface area contributed by atoms with Gasteiger partial charge in [0, 0.05) is 46.3 Å². The van der Waals surface area contributed by atoms with Crippen molar-refractivity contribution in [1.29, 1.82) is 0 Å². The predicted molar refractivity (Wildman–Crippen MR) is 225 cm³/mol. The monoisotopic (exact) mass is 846 g/mol. The molecule has 4 aromatic rings. The fraction of sp³-hybridized carbons (Fsp3) is 0.500. The molecule has 6 atom stereocenters. The van der Waals surface area contributed by atoms with E-state index in [1.807, 2.05) is 42.7 Å². The third-order valence-corrected chi connectivity index (χ3v) is 13.2. The summed E-state index contributed by atoms with van der Waals surface area (Å²) in [6, 6.07) is 9.77. The Morgan fingerprint density at radius 2 is 1.80 bits per heavy atom. The summed E-state index contributed by atoms with van der Waals surface area (Å²) < 4.78 is 52.7. The van der Waals surface area contributed by atoms with E-state index >= 15 is 0 Å². The van der Waals surface area contributed by atoms with Crippen molar-refractivity contribution in [3.63, 3.8) is 0 Å². The SMILES string of the molecule is COc1ccc2c(O[C@H]3CC4CC[C@@H](C3)C(=O)N[C@]3(C(=O)O)C[C@H]3/C=C\CCCCC[C@H](Nc3ccc(C(F)(F)F)cc3)C(=O)C4)cc(-c3nc(C(C)C)cs3)nc2c1C. The molecule has 3 heterocycles. The number of benzene rings is 2. The number of amides is 1. The van der Waals surface area contributed by atoms with Crippen molar-refractivity contribution in [2.75, 3.05) is 12.4 Å². The van der Waals surface area contributed by atoms with E-state index in [0.717, 1.165) is 46.6 Å². The lowest BCUT2D eigenvalue weighted by Gasteiger charge is -2.25. The summed E-state index contributed by atoms with van der Waals surface area (Å²) in [5.41, 5.74) is 1.41. The number of nitrogens with one attached hydrogen (secondary N) is 2. The number of hydrogen-bond acceptors (Lipinski definition) is 9. The number of aliphatic carboxylic acids is 1. The first-order valence-electron chi connectivity index (χ1n) is 20.9. The topological polar surface area (TPSA) is 140 Å². The molecule has 3 aliphatic rings. The van der Waals surface area contributed by atoms with E-state index in [9.17, 15) is 32.7 Å². The number of aryl methyl sites for hydroxylation is 1. The third-order valence-electron chi connectivity index (χ3n) is 12.3. The zero-order valence-electron chi connectivity index (χ0n) is 34.4. The molecule has 2 aliphatic carbocycles. The summed E-state index contributed by atoms with van der Waals surface area (Å²) in [5.74, 6) is -1.11. The maximum atomic E-state index is 14.3. The summed E-state index contributed by atoms with van der Waals surface area (Å²) >= 11 is 1.50. The van der Waals surface area contributed by atoms with Gasteiger partial charge in [-0.05, 0) is 107 Å². The molecule has 0 saturated heterocycles. The summed E-state index contributed by atoms with van der Waals surface area (Å²) in [6.45, 7) is 6.10. The average Bonchev–Trinajstić information content (AvgIpc) is 3.74. The molecule has 320 valence electrons. The Hall–Kier alpha value is -4.98. The number of carbonyl (C=O) groups is 3. The van der Waals surface area contributed by atoms with Crippen LogP contribution >= 0.6 is 11.3 Å². The van der Waals surface area contributed by atoms with Crippen LogP contribution in [0.1, 0.15) is 107 Å². The van der Waals surface area contributed by atoms with Crippen molar-refractivity contribution in [1.82, 2.24) is 15.3 Å². The second kappa shape index (κ2) is 17.9. The Morgan fingerprint density at radius 3 is 2.50 bits per heavy atom. The van der Waals surface area contributed by atoms with Gasteiger partial charge in [0.15, 0.2) is 5.78 Å². The molecule has 2 aromatic carbocycles. The number of anilines is 1. The van der Waals surface area contributed by atoms with Gasteiger partial charge >= 0.3 is 12.1 Å². The number of hydrogen-bond donors (Lipinski definition) is 3. The zero-order valence-corrected chi connectivity index (χ0v) is 35.3. The first-order chi connectivity index (χ1) is 28.6. The molecule has 2 fully saturated rings. The number of carboxylic acid groups (broad SMARTS) is 1. The van der Waals surface area contributed by atoms with E-state index in [2.05, 4.69) is 24.5 Å². The van der Waals surface area contributed by atoms with Gasteiger partial charge in [-0.15, -0.1) is 11.3 Å². The molecular weight excluding hydrogens is 794 g/mol. The van der Waals surface area contributed by atoms with Crippen molar-refractivity contribution in [2.24, 2.45) is 17.8 Å². The fourth-order valence-corrected chi connectivity index (χ4v) is 9.60. The van der Waals surface area contributed by atoms with Crippen molar-refractivity contribution in [3.05, 3.63) is 76.8 Å². The van der Waals surface area contributed by atoms with E-state index in [1.165, 1.54) is 23.5 Å². The highest BCUT2D eigenvalue weighted by Gasteiger charge is 2.61. The molecule has 10 nitrogen and oxygen atoms in total. The Bertz CT molecular complexity index is 2240. The lowest BCUT2D eigenvalue weighted by molar-refractivity contribution is -0.144. The van der Waals surface area contributed by atoms with Gasteiger partial charge in [0.1, 0.15) is 27.7 Å². The Kier molecular flexibility index (Phi) is 12.9. The molecule has 1 amide bonds. The van der Waals surface area contributed by atoms with E-state index in [4.69, 9.17) is 19.4 Å². The van der Waals surface area contributed by atoms with Gasteiger partial charge in [-0.1, -0.05) is 38.8 Å². The molecular formula is C46H53F3N4O6S. The first kappa shape index (κ1) is 43.1. The van der Waals surface area contributed by atoms with Crippen LogP contribution in [0, 0.1) is 24.7 Å². The van der Waals surface area contributed by atoms with Crippen molar-refractivity contribution < 1.29 is 42.1 Å². The van der Waals surface area contributed by atoms with Gasteiger partial charge < -0.3 is 25.2 Å². The number of Topliss-reactive ketones (excluding diaryl/α,β-unsaturated/α-hetero) is 1. The maximum absolute atomic E-state index is 14.3. The third kappa shape index (κ3) is 9.64. The predicted octanol–water partition coefficient (Wildman–Crippen LogP) is 10.3. The minimum atomic E-state index is -4.47. The Morgan fingerprint density at radius 1 is 1.02 bits per heavy atom. The Labute approximate surface area is 352 Å². The molecule has 0 spiro atoms. The number of rotatable bonds is 8. The zero-order chi connectivity index (χ0) is 42.8. The van der Waals surface area contributed by atoms with Crippen molar-refractivity contribution in [2.45, 2.75) is 121 Å². The van der Waals surface area contributed by atoms with Gasteiger partial charge in [0.25, 0.3) is 0 Å². The molecule has 1 aliphatic heterocycles. The second-order valence-corrected chi connectivity index (χ2v) is 17.8. The summed E-state index contributed by atoms with van der Waals surface area (Å²) in [4.78, 5) is 51.0. The summed E-state index contributed by atoms with van der Waals surface area (Å²) in [5, 5.41) is 20.0. The van der Waals surface area contributed by atoms with Crippen LogP contribution in [0.4, 0.5) is 18.9 Å². The van der Waals surface area contributed by atoms with Gasteiger partial charge in [0.05, 0.1) is 36.0 Å². The molecule has 7 rings (SSSR count). The van der Waals surface area contributed by atoms with Crippen molar-refractivity contribution >= 4 is 45.6 Å². The van der Waals surface area contributed by atoms with Crippen LogP contribution in [0.3, 0.4) is 0 Å². The number of nitrogens with zero attached hydrogens (tertiary/aromatic N) is 2. The average molecular weight is 847 g/mol. The number of allylic oxidation sites excluding steroid dienone is 1. The molecule has 60 heavy (non-hydrogen) atoms. The van der Waals surface area contributed by atoms with Crippen LogP contribution in [0.5, 0.6) is 11.5 Å². The van der Waals surface area contributed by atoms with Gasteiger partial charge in [-0.3, -0.25) is 9.59 Å². The molecule has 14 heteroatoms. The first-order valence-corrected chi connectivity index (χ1v) is 21.8. The van der Waals surface area contributed by atoms with E-state index in [-0.39, 0.29) is 35.9 Å². The summed E-state index contributed by atoms with van der Waals surface area (Å²) in [7, 11) is 1.61. The van der Waals surface area contributed by atoms with E-state index in [0.29, 0.717) is 79.8 Å². The number of methoxy groups -OCH3 is 1.